The Morgan fingerprint density at radius 2 is 2.00 bits per heavy atom. The largest absolute Gasteiger partial charge is 0.508 e. The Morgan fingerprint density at radius 3 is 2.54 bits per heavy atom. The minimum absolute atomic E-state index is 0.413. The molecular formula is C12H16O. The van der Waals surface area contributed by atoms with E-state index >= 15 is 0 Å². The van der Waals surface area contributed by atoms with E-state index in [-0.39, 0.29) is 0 Å². The first kappa shape index (κ1) is 9.85. The number of allylic oxidation sites excluding steroid dienone is 2. The fourth-order valence-electron chi connectivity index (χ4n) is 1.48. The van der Waals surface area contributed by atoms with Crippen LogP contribution < -0.4 is 0 Å². The fourth-order valence-corrected chi connectivity index (χ4v) is 1.48. The van der Waals surface area contributed by atoms with Crippen molar-refractivity contribution >= 4 is 0 Å². The minimum atomic E-state index is 0.413. The summed E-state index contributed by atoms with van der Waals surface area (Å²) < 4.78 is 0. The van der Waals surface area contributed by atoms with E-state index in [9.17, 15) is 5.11 Å². The summed E-state index contributed by atoms with van der Waals surface area (Å²) in [5.74, 6) is 0.413. The van der Waals surface area contributed by atoms with Gasteiger partial charge in [-0.1, -0.05) is 18.2 Å². The maximum Gasteiger partial charge on any atom is 0.119 e. The van der Waals surface area contributed by atoms with Gasteiger partial charge in [0.1, 0.15) is 5.75 Å². The van der Waals surface area contributed by atoms with Crippen LogP contribution in [-0.2, 0) is 6.42 Å². The Morgan fingerprint density at radius 1 is 1.31 bits per heavy atom. The SMILES string of the molecule is C/C=C/Cc1c(C)cc(C)cc1O. The lowest BCUT2D eigenvalue weighted by Crippen LogP contribution is -1.89. The lowest BCUT2D eigenvalue weighted by atomic mass is 10.0. The highest BCUT2D eigenvalue weighted by atomic mass is 16.3. The van der Waals surface area contributed by atoms with Crippen molar-refractivity contribution in [3.8, 4) is 5.75 Å². The topological polar surface area (TPSA) is 20.2 Å². The van der Waals surface area contributed by atoms with Crippen LogP contribution in [0.25, 0.3) is 0 Å². The second-order valence-corrected chi connectivity index (χ2v) is 3.35. The van der Waals surface area contributed by atoms with Gasteiger partial charge >= 0.3 is 0 Å². The lowest BCUT2D eigenvalue weighted by Gasteiger charge is -2.07. The van der Waals surface area contributed by atoms with E-state index in [1.165, 1.54) is 0 Å². The van der Waals surface area contributed by atoms with Crippen LogP contribution >= 0.6 is 0 Å². The molecule has 0 radical (unpaired) electrons. The predicted molar refractivity (Wildman–Crippen MR) is 56.1 cm³/mol. The van der Waals surface area contributed by atoms with E-state index in [0.717, 1.165) is 23.1 Å². The molecule has 0 saturated carbocycles. The lowest BCUT2D eigenvalue weighted by molar-refractivity contribution is 0.468. The summed E-state index contributed by atoms with van der Waals surface area (Å²) in [4.78, 5) is 0. The first-order valence-electron chi connectivity index (χ1n) is 4.55. The summed E-state index contributed by atoms with van der Waals surface area (Å²) in [7, 11) is 0. The Labute approximate surface area is 79.7 Å². The van der Waals surface area contributed by atoms with E-state index in [1.54, 1.807) is 0 Å². The first-order valence-corrected chi connectivity index (χ1v) is 4.55. The predicted octanol–water partition coefficient (Wildman–Crippen LogP) is 3.13. The van der Waals surface area contributed by atoms with Crippen LogP contribution in [-0.4, -0.2) is 5.11 Å². The molecule has 0 fully saturated rings. The molecule has 0 bridgehead atoms. The van der Waals surface area contributed by atoms with Crippen LogP contribution in [0.1, 0.15) is 23.6 Å². The standard InChI is InChI=1S/C12H16O/c1-4-5-6-11-10(3)7-9(2)8-12(11)13/h4-5,7-8,13H,6H2,1-3H3/b5-4+. The van der Waals surface area contributed by atoms with Crippen molar-refractivity contribution in [1.29, 1.82) is 0 Å². The number of aryl methyl sites for hydroxylation is 2. The number of phenolic OH excluding ortho intramolecular Hbond substituents is 1. The zero-order valence-corrected chi connectivity index (χ0v) is 8.46. The Kier molecular flexibility index (Phi) is 3.13. The summed E-state index contributed by atoms with van der Waals surface area (Å²) >= 11 is 0. The number of benzene rings is 1. The van der Waals surface area contributed by atoms with Crippen LogP contribution in [0.4, 0.5) is 0 Å². The van der Waals surface area contributed by atoms with Gasteiger partial charge in [0.05, 0.1) is 0 Å². The molecular weight excluding hydrogens is 160 g/mol. The maximum absolute atomic E-state index is 9.66. The van der Waals surface area contributed by atoms with Crippen LogP contribution in [0.15, 0.2) is 24.3 Å². The summed E-state index contributed by atoms with van der Waals surface area (Å²) in [5, 5.41) is 9.66. The Bertz CT molecular complexity index is 301. The highest BCUT2D eigenvalue weighted by Gasteiger charge is 2.03. The highest BCUT2D eigenvalue weighted by Crippen LogP contribution is 2.23. The molecule has 0 atom stereocenters. The molecule has 1 nitrogen and oxygen atoms in total. The molecule has 0 amide bonds. The molecule has 1 aromatic carbocycles. The zero-order chi connectivity index (χ0) is 9.84. The molecule has 70 valence electrons. The van der Waals surface area contributed by atoms with Gasteiger partial charge in [0.15, 0.2) is 0 Å². The van der Waals surface area contributed by atoms with E-state index < -0.39 is 0 Å². The van der Waals surface area contributed by atoms with Crippen LogP contribution in [0.3, 0.4) is 0 Å². The molecule has 13 heavy (non-hydrogen) atoms. The summed E-state index contributed by atoms with van der Waals surface area (Å²) in [5.41, 5.74) is 3.30. The molecule has 0 aromatic heterocycles. The summed E-state index contributed by atoms with van der Waals surface area (Å²) in [6.45, 7) is 6.01. The van der Waals surface area contributed by atoms with Crippen LogP contribution in [0.2, 0.25) is 0 Å². The van der Waals surface area contributed by atoms with Crippen molar-refractivity contribution in [1.82, 2.24) is 0 Å². The maximum atomic E-state index is 9.66. The molecule has 1 N–H and O–H groups in total. The molecule has 0 aliphatic heterocycles. The van der Waals surface area contributed by atoms with Crippen LogP contribution in [0.5, 0.6) is 5.75 Å². The Hall–Kier alpha value is -1.24. The number of hydrogen-bond acceptors (Lipinski definition) is 1. The zero-order valence-electron chi connectivity index (χ0n) is 8.46. The van der Waals surface area contributed by atoms with Crippen molar-refractivity contribution in [3.05, 3.63) is 41.0 Å². The van der Waals surface area contributed by atoms with E-state index in [1.807, 2.05) is 32.9 Å². The van der Waals surface area contributed by atoms with Crippen molar-refractivity contribution in [2.24, 2.45) is 0 Å². The molecule has 1 rings (SSSR count). The number of hydrogen-bond donors (Lipinski definition) is 1. The van der Waals surface area contributed by atoms with Crippen molar-refractivity contribution in [2.75, 3.05) is 0 Å². The smallest absolute Gasteiger partial charge is 0.119 e. The van der Waals surface area contributed by atoms with E-state index in [4.69, 9.17) is 0 Å². The van der Waals surface area contributed by atoms with Gasteiger partial charge in [-0.25, -0.2) is 0 Å². The second-order valence-electron chi connectivity index (χ2n) is 3.35. The first-order chi connectivity index (χ1) is 6.15. The van der Waals surface area contributed by atoms with Crippen molar-refractivity contribution < 1.29 is 5.11 Å². The van der Waals surface area contributed by atoms with Gasteiger partial charge in [0.2, 0.25) is 0 Å². The molecule has 0 saturated heterocycles. The number of phenols is 1. The summed E-state index contributed by atoms with van der Waals surface area (Å²) in [6, 6.07) is 3.91. The van der Waals surface area contributed by atoms with Gasteiger partial charge in [-0.05, 0) is 44.4 Å². The quantitative estimate of drug-likeness (QED) is 0.686. The van der Waals surface area contributed by atoms with E-state index in [2.05, 4.69) is 12.1 Å². The van der Waals surface area contributed by atoms with Gasteiger partial charge in [-0.3, -0.25) is 0 Å². The average Bonchev–Trinajstić information content (AvgIpc) is 2.02. The third kappa shape index (κ3) is 2.35. The van der Waals surface area contributed by atoms with E-state index in [0.29, 0.717) is 5.75 Å². The number of rotatable bonds is 2. The molecule has 0 aliphatic carbocycles. The number of aromatic hydroxyl groups is 1. The van der Waals surface area contributed by atoms with Gasteiger partial charge in [0, 0.05) is 5.56 Å². The van der Waals surface area contributed by atoms with Gasteiger partial charge in [0.25, 0.3) is 0 Å². The molecule has 1 heteroatoms. The molecule has 0 aliphatic rings. The van der Waals surface area contributed by atoms with Gasteiger partial charge in [-0.15, -0.1) is 0 Å². The summed E-state index contributed by atoms with van der Waals surface area (Å²) in [6.07, 6.45) is 4.87. The third-order valence-electron chi connectivity index (χ3n) is 2.15. The molecule has 0 spiro atoms. The van der Waals surface area contributed by atoms with Crippen LogP contribution in [0, 0.1) is 13.8 Å². The third-order valence-corrected chi connectivity index (χ3v) is 2.15. The highest BCUT2D eigenvalue weighted by molar-refractivity contribution is 5.43. The minimum Gasteiger partial charge on any atom is -0.508 e. The monoisotopic (exact) mass is 176 g/mol. The average molecular weight is 176 g/mol. The van der Waals surface area contributed by atoms with Crippen molar-refractivity contribution in [3.63, 3.8) is 0 Å². The normalized spacial score (nSPS) is 11.0. The Balaban J connectivity index is 3.05. The molecule has 1 aromatic rings. The second kappa shape index (κ2) is 4.13. The van der Waals surface area contributed by atoms with Gasteiger partial charge < -0.3 is 5.11 Å². The molecule has 0 heterocycles. The van der Waals surface area contributed by atoms with Gasteiger partial charge in [-0.2, -0.15) is 0 Å². The molecule has 0 unspecified atom stereocenters. The fraction of sp³-hybridized carbons (Fsp3) is 0.333. The van der Waals surface area contributed by atoms with Crippen molar-refractivity contribution in [2.45, 2.75) is 27.2 Å².